The molecule has 0 aliphatic carbocycles. The molecule has 0 aromatic heterocycles. The average Bonchev–Trinajstić information content (AvgIpc) is 2.17. The number of alkyl halides is 1. The lowest BCUT2D eigenvalue weighted by atomic mass is 10.0. The molecule has 1 aromatic carbocycles. The van der Waals surface area contributed by atoms with Gasteiger partial charge in [0.05, 0.1) is 7.11 Å². The smallest absolute Gasteiger partial charge is 0.339 e. The second-order valence-corrected chi connectivity index (χ2v) is 3.43. The van der Waals surface area contributed by atoms with Crippen LogP contribution in [0.3, 0.4) is 0 Å². The number of hydrogen-bond acceptors (Lipinski definition) is 2. The molecule has 0 aliphatic rings. The molecule has 0 radical (unpaired) electrons. The number of rotatable bonds is 3. The zero-order chi connectivity index (χ0) is 10.7. The van der Waals surface area contributed by atoms with Crippen molar-refractivity contribution in [2.75, 3.05) is 7.11 Å². The molecule has 0 aliphatic heterocycles. The van der Waals surface area contributed by atoms with Gasteiger partial charge in [-0.3, -0.25) is 0 Å². The van der Waals surface area contributed by atoms with E-state index in [0.717, 1.165) is 11.1 Å². The van der Waals surface area contributed by atoms with Crippen molar-refractivity contribution in [2.24, 2.45) is 0 Å². The summed E-state index contributed by atoms with van der Waals surface area (Å²) in [6.07, 6.45) is 0. The monoisotopic (exact) mass is 258 g/mol. The summed E-state index contributed by atoms with van der Waals surface area (Å²) in [5.41, 5.74) is 2.10. The van der Waals surface area contributed by atoms with E-state index < -0.39 is 5.97 Å². The molecule has 0 saturated heterocycles. The van der Waals surface area contributed by atoms with Crippen LogP contribution < -0.4 is 4.74 Å². The van der Waals surface area contributed by atoms with Gasteiger partial charge in [0.1, 0.15) is 11.3 Å². The highest BCUT2D eigenvalue weighted by molar-refractivity contribution is 9.08. The van der Waals surface area contributed by atoms with E-state index in [2.05, 4.69) is 15.9 Å². The lowest BCUT2D eigenvalue weighted by molar-refractivity contribution is 0.0693. The molecule has 0 unspecified atom stereocenters. The van der Waals surface area contributed by atoms with Crippen molar-refractivity contribution in [2.45, 2.75) is 12.3 Å². The van der Waals surface area contributed by atoms with E-state index >= 15 is 0 Å². The second-order valence-electron chi connectivity index (χ2n) is 2.87. The first-order valence-electron chi connectivity index (χ1n) is 4.07. The maximum atomic E-state index is 10.8. The molecule has 0 saturated carbocycles. The van der Waals surface area contributed by atoms with Gasteiger partial charge >= 0.3 is 5.97 Å². The molecular formula is C10H11BrO3. The van der Waals surface area contributed by atoms with E-state index in [4.69, 9.17) is 9.84 Å². The Morgan fingerprint density at radius 1 is 1.57 bits per heavy atom. The van der Waals surface area contributed by atoms with Crippen molar-refractivity contribution in [3.8, 4) is 5.75 Å². The maximum absolute atomic E-state index is 10.8. The van der Waals surface area contributed by atoms with Gasteiger partial charge in [-0.15, -0.1) is 0 Å². The van der Waals surface area contributed by atoms with E-state index in [1.54, 1.807) is 12.1 Å². The topological polar surface area (TPSA) is 46.5 Å². The Labute approximate surface area is 90.8 Å². The van der Waals surface area contributed by atoms with E-state index in [1.807, 2.05) is 6.92 Å². The van der Waals surface area contributed by atoms with E-state index in [-0.39, 0.29) is 5.56 Å². The van der Waals surface area contributed by atoms with Crippen molar-refractivity contribution in [3.05, 3.63) is 28.8 Å². The number of ether oxygens (including phenoxy) is 1. The fraction of sp³-hybridized carbons (Fsp3) is 0.300. The highest BCUT2D eigenvalue weighted by Gasteiger charge is 2.14. The Balaban J connectivity index is 3.35. The minimum absolute atomic E-state index is 0.203. The number of methoxy groups -OCH3 is 1. The highest BCUT2D eigenvalue weighted by atomic mass is 79.9. The Hall–Kier alpha value is -1.03. The van der Waals surface area contributed by atoms with Gasteiger partial charge in [-0.1, -0.05) is 22.0 Å². The Kier molecular flexibility index (Phi) is 3.52. The van der Waals surface area contributed by atoms with Crippen LogP contribution in [0.4, 0.5) is 0 Å². The summed E-state index contributed by atoms with van der Waals surface area (Å²) in [6.45, 7) is 1.85. The van der Waals surface area contributed by atoms with Gasteiger partial charge < -0.3 is 9.84 Å². The lowest BCUT2D eigenvalue weighted by Gasteiger charge is -2.11. The molecule has 14 heavy (non-hydrogen) atoms. The summed E-state index contributed by atoms with van der Waals surface area (Å²) in [7, 11) is 1.48. The summed E-state index contributed by atoms with van der Waals surface area (Å²) < 4.78 is 5.08. The van der Waals surface area contributed by atoms with Crippen molar-refractivity contribution in [3.63, 3.8) is 0 Å². The van der Waals surface area contributed by atoms with Crippen LogP contribution in [-0.2, 0) is 5.33 Å². The minimum atomic E-state index is -0.967. The predicted molar refractivity (Wildman–Crippen MR) is 57.3 cm³/mol. The third-order valence-electron chi connectivity index (χ3n) is 2.10. The Morgan fingerprint density at radius 2 is 2.21 bits per heavy atom. The first-order valence-corrected chi connectivity index (χ1v) is 5.19. The second kappa shape index (κ2) is 4.46. The molecule has 76 valence electrons. The maximum Gasteiger partial charge on any atom is 0.339 e. The molecule has 1 N–H and O–H groups in total. The predicted octanol–water partition coefficient (Wildman–Crippen LogP) is 2.60. The van der Waals surface area contributed by atoms with Gasteiger partial charge in [0.25, 0.3) is 0 Å². The molecule has 0 bridgehead atoms. The number of benzene rings is 1. The zero-order valence-corrected chi connectivity index (χ0v) is 9.59. The quantitative estimate of drug-likeness (QED) is 0.848. The number of halogens is 1. The van der Waals surface area contributed by atoms with E-state index in [9.17, 15) is 4.79 Å². The summed E-state index contributed by atoms with van der Waals surface area (Å²) >= 11 is 3.33. The molecule has 1 aromatic rings. The van der Waals surface area contributed by atoms with Gasteiger partial charge in [0.2, 0.25) is 0 Å². The minimum Gasteiger partial charge on any atom is -0.496 e. The van der Waals surface area contributed by atoms with Gasteiger partial charge in [0, 0.05) is 5.33 Å². The van der Waals surface area contributed by atoms with Crippen LogP contribution in [0.15, 0.2) is 12.1 Å². The summed E-state index contributed by atoms with van der Waals surface area (Å²) in [6, 6.07) is 3.35. The van der Waals surface area contributed by atoms with E-state index in [0.29, 0.717) is 11.1 Å². The normalized spacial score (nSPS) is 9.93. The number of carboxylic acids is 1. The van der Waals surface area contributed by atoms with Crippen LogP contribution in [0.1, 0.15) is 21.5 Å². The third kappa shape index (κ3) is 1.90. The molecule has 4 heteroatoms. The molecule has 0 amide bonds. The largest absolute Gasteiger partial charge is 0.496 e. The van der Waals surface area contributed by atoms with Crippen molar-refractivity contribution < 1.29 is 14.6 Å². The van der Waals surface area contributed by atoms with Crippen LogP contribution >= 0.6 is 15.9 Å². The van der Waals surface area contributed by atoms with Crippen LogP contribution in [0.5, 0.6) is 5.75 Å². The fourth-order valence-corrected chi connectivity index (χ4v) is 1.92. The molecule has 0 atom stereocenters. The standard InChI is InChI=1S/C10H11BrO3/c1-6-7(5-11)3-4-8(10(12)13)9(6)14-2/h3-4H,5H2,1-2H3,(H,12,13). The average molecular weight is 259 g/mol. The summed E-state index contributed by atoms with van der Waals surface area (Å²) in [5.74, 6) is -0.527. The van der Waals surface area contributed by atoms with Crippen molar-refractivity contribution >= 4 is 21.9 Å². The van der Waals surface area contributed by atoms with Crippen LogP contribution in [0.2, 0.25) is 0 Å². The van der Waals surface area contributed by atoms with Gasteiger partial charge in [-0.25, -0.2) is 4.79 Å². The summed E-state index contributed by atoms with van der Waals surface area (Å²) in [5, 5.41) is 9.58. The molecular weight excluding hydrogens is 248 g/mol. The van der Waals surface area contributed by atoms with E-state index in [1.165, 1.54) is 7.11 Å². The number of carbonyl (C=O) groups is 1. The number of aromatic carboxylic acids is 1. The van der Waals surface area contributed by atoms with Gasteiger partial charge in [0.15, 0.2) is 0 Å². The van der Waals surface area contributed by atoms with Crippen LogP contribution in [-0.4, -0.2) is 18.2 Å². The molecule has 1 rings (SSSR count). The number of hydrogen-bond donors (Lipinski definition) is 1. The van der Waals surface area contributed by atoms with Gasteiger partial charge in [-0.05, 0) is 24.1 Å². The van der Waals surface area contributed by atoms with Crippen LogP contribution in [0, 0.1) is 6.92 Å². The number of carboxylic acid groups (broad SMARTS) is 1. The van der Waals surface area contributed by atoms with Crippen molar-refractivity contribution in [1.82, 2.24) is 0 Å². The molecule has 0 heterocycles. The molecule has 0 spiro atoms. The van der Waals surface area contributed by atoms with Crippen molar-refractivity contribution in [1.29, 1.82) is 0 Å². The van der Waals surface area contributed by atoms with Crippen LogP contribution in [0.25, 0.3) is 0 Å². The SMILES string of the molecule is COc1c(C(=O)O)ccc(CBr)c1C. The summed E-state index contributed by atoms with van der Waals surface area (Å²) in [4.78, 5) is 10.8. The third-order valence-corrected chi connectivity index (χ3v) is 2.70. The first-order chi connectivity index (χ1) is 6.61. The molecule has 0 fully saturated rings. The Bertz CT molecular complexity index is 361. The Morgan fingerprint density at radius 3 is 2.64 bits per heavy atom. The zero-order valence-electron chi connectivity index (χ0n) is 8.00. The molecule has 3 nitrogen and oxygen atoms in total. The highest BCUT2D eigenvalue weighted by Crippen LogP contribution is 2.27. The fourth-order valence-electron chi connectivity index (χ4n) is 1.31. The lowest BCUT2D eigenvalue weighted by Crippen LogP contribution is -2.03. The first kappa shape index (κ1) is 11.0. The van der Waals surface area contributed by atoms with Gasteiger partial charge in [-0.2, -0.15) is 0 Å².